The molecule has 1 unspecified atom stereocenters. The summed E-state index contributed by atoms with van der Waals surface area (Å²) in [5.41, 5.74) is 6.47. The number of non-ortho nitro benzene ring substituents is 1. The number of aryl methyl sites for hydroxylation is 1. The third-order valence-electron chi connectivity index (χ3n) is 15.4. The van der Waals surface area contributed by atoms with Crippen LogP contribution in [0.1, 0.15) is 100 Å². The highest BCUT2D eigenvalue weighted by atomic mass is 32.2. The molecular formula is C62H67F3N6O12S2. The molecule has 0 radical (unpaired) electrons. The highest BCUT2D eigenvalue weighted by molar-refractivity contribution is 7.93. The van der Waals surface area contributed by atoms with E-state index < -0.39 is 86.6 Å². The van der Waals surface area contributed by atoms with Crippen LogP contribution in [0.15, 0.2) is 127 Å². The second-order valence-electron chi connectivity index (χ2n) is 22.6. The van der Waals surface area contributed by atoms with Crippen molar-refractivity contribution in [3.63, 3.8) is 0 Å². The summed E-state index contributed by atoms with van der Waals surface area (Å²) >= 11 is 1.54. The lowest BCUT2D eigenvalue weighted by Crippen LogP contribution is -2.57. The number of ether oxygens (including phenoxy) is 3. The number of β-amino-alcohol motifs (C(OH)–C–C–N with tert-alkyl or cyclic N) is 1. The van der Waals surface area contributed by atoms with E-state index >= 15 is 0 Å². The van der Waals surface area contributed by atoms with Gasteiger partial charge in [0.25, 0.3) is 5.69 Å². The molecule has 85 heavy (non-hydrogen) atoms. The molecule has 0 spiro atoms. The predicted octanol–water partition coefficient (Wildman–Crippen LogP) is 10.5. The molecule has 3 aliphatic rings. The van der Waals surface area contributed by atoms with Gasteiger partial charge in [-0.1, -0.05) is 69.3 Å². The molecule has 4 heterocycles. The van der Waals surface area contributed by atoms with Crippen molar-refractivity contribution in [1.82, 2.24) is 20.5 Å². The molecule has 3 aliphatic heterocycles. The molecule has 4 N–H and O–H groups in total. The van der Waals surface area contributed by atoms with Crippen molar-refractivity contribution < 1.29 is 65.3 Å². The average molecular weight is 1210 g/mol. The van der Waals surface area contributed by atoms with E-state index in [2.05, 4.69) is 15.6 Å². The van der Waals surface area contributed by atoms with Crippen LogP contribution in [0.2, 0.25) is 0 Å². The SMILES string of the molecule is Cc1ncsc1-c1ccc([C@H](C)NC(=O)[C@@H]2C[C@@H](O)CN2C(=O)[C@@H](NC(=O)CCCCCOc2ccc(N(CC(F)(F)F)S(=O)(=O)C3C[C@@H]4O[C@H]3C(c3ccc(OCc5ccc([N+](=O)[O-])cc5)cc3)=C4c3ccc(O)cc3)cc2)C(C)(C)C)cc1. The highest BCUT2D eigenvalue weighted by Crippen LogP contribution is 2.52. The number of phenols is 1. The van der Waals surface area contributed by atoms with E-state index in [-0.39, 0.29) is 67.8 Å². The summed E-state index contributed by atoms with van der Waals surface area (Å²) in [5.74, 6) is -0.578. The molecule has 1 aromatic heterocycles. The summed E-state index contributed by atoms with van der Waals surface area (Å²) in [6.45, 7) is 7.59. The van der Waals surface area contributed by atoms with Gasteiger partial charge in [0.2, 0.25) is 27.7 Å². The number of halogens is 3. The van der Waals surface area contributed by atoms with Gasteiger partial charge in [-0.2, -0.15) is 13.2 Å². The van der Waals surface area contributed by atoms with Gasteiger partial charge >= 0.3 is 6.18 Å². The first-order valence-electron chi connectivity index (χ1n) is 27.9. The molecule has 7 atom stereocenters. The maximum Gasteiger partial charge on any atom is 0.407 e. The Morgan fingerprint density at radius 3 is 2.09 bits per heavy atom. The molecule has 6 aromatic rings. The number of aliphatic hydroxyl groups excluding tert-OH is 1. The molecule has 450 valence electrons. The van der Waals surface area contributed by atoms with Crippen LogP contribution >= 0.6 is 11.3 Å². The number of phenolic OH excluding ortho intramolecular Hbond substituents is 1. The molecule has 5 aromatic carbocycles. The summed E-state index contributed by atoms with van der Waals surface area (Å²) < 4.78 is 91.1. The maximum atomic E-state index is 14.7. The minimum Gasteiger partial charge on any atom is -0.508 e. The first-order valence-corrected chi connectivity index (χ1v) is 30.3. The number of likely N-dealkylation sites (tertiary alicyclic amines) is 1. The number of rotatable bonds is 23. The van der Waals surface area contributed by atoms with Gasteiger partial charge in [0.1, 0.15) is 53.8 Å². The number of nitro benzene ring substituents is 1. The fourth-order valence-electron chi connectivity index (χ4n) is 11.0. The molecule has 9 rings (SSSR count). The second kappa shape index (κ2) is 25.8. The largest absolute Gasteiger partial charge is 0.508 e. The number of carbonyl (C=O) groups excluding carboxylic acids is 3. The van der Waals surface area contributed by atoms with E-state index in [1.165, 1.54) is 53.4 Å². The Morgan fingerprint density at radius 2 is 1.47 bits per heavy atom. The fraction of sp³-hybridized carbons (Fsp3) is 0.387. The molecule has 2 fully saturated rings. The number of nitro groups is 1. The van der Waals surface area contributed by atoms with Gasteiger partial charge in [-0.05, 0) is 145 Å². The topological polar surface area (TPSA) is 240 Å². The number of alkyl halides is 3. The number of nitrogens with one attached hydrogen (secondary N) is 2. The smallest absolute Gasteiger partial charge is 0.407 e. The summed E-state index contributed by atoms with van der Waals surface area (Å²) in [7, 11) is -4.80. The van der Waals surface area contributed by atoms with Crippen molar-refractivity contribution in [1.29, 1.82) is 0 Å². The van der Waals surface area contributed by atoms with Crippen LogP contribution in [-0.4, -0.2) is 113 Å². The zero-order valence-electron chi connectivity index (χ0n) is 47.5. The lowest BCUT2D eigenvalue weighted by atomic mass is 9.83. The number of carbonyl (C=O) groups is 3. The predicted molar refractivity (Wildman–Crippen MR) is 315 cm³/mol. The number of thiazole rings is 1. The van der Waals surface area contributed by atoms with Crippen LogP contribution in [0, 0.1) is 22.5 Å². The van der Waals surface area contributed by atoms with Gasteiger partial charge in [-0.3, -0.25) is 28.8 Å². The van der Waals surface area contributed by atoms with Crippen LogP contribution in [0.25, 0.3) is 21.6 Å². The minimum atomic E-state index is -4.93. The highest BCUT2D eigenvalue weighted by Gasteiger charge is 2.55. The normalized spacial score (nSPS) is 19.4. The van der Waals surface area contributed by atoms with E-state index in [1.54, 1.807) is 86.1 Å². The van der Waals surface area contributed by atoms with E-state index in [0.717, 1.165) is 21.7 Å². The number of hydrogen-bond acceptors (Lipinski definition) is 14. The molecule has 0 saturated carbocycles. The van der Waals surface area contributed by atoms with Gasteiger partial charge in [0.15, 0.2) is 0 Å². The number of aliphatic hydroxyl groups is 1. The van der Waals surface area contributed by atoms with Crippen molar-refractivity contribution in [2.24, 2.45) is 5.41 Å². The number of hydrogen-bond donors (Lipinski definition) is 4. The Hall–Kier alpha value is -7.86. The number of aromatic nitrogens is 1. The number of sulfonamides is 1. The minimum absolute atomic E-state index is 0.00325. The first-order chi connectivity index (χ1) is 40.3. The standard InChI is InChI=1S/C62H67F3N6O12S2/c1-37(40-12-14-43(15-13-40)57-38(2)66-36-84-57)67-59(75)50-31-47(73)33-69(50)60(76)58(61(3,4)5)68-53(74)9-7-6-8-30-81-48-28-22-44(23-29-48)70(35-62(63,64)65)85(79,80)52-32-51-54(41-16-24-46(72)25-17-41)55(56(52)83-51)42-18-26-49(27-19-42)82-34-39-10-20-45(21-11-39)71(77)78/h10-29,36-37,47,50-52,56,58,72-73H,6-9,30-35H2,1-5H3,(H,67,75)(H,68,74)/t37-,47+,50-,51-,52?,56+,58+/m0/s1. The van der Waals surface area contributed by atoms with Crippen LogP contribution in [-0.2, 0) is 35.8 Å². The van der Waals surface area contributed by atoms with E-state index in [1.807, 2.05) is 38.1 Å². The van der Waals surface area contributed by atoms with E-state index in [0.29, 0.717) is 57.2 Å². The molecule has 2 saturated heterocycles. The van der Waals surface area contributed by atoms with Crippen molar-refractivity contribution >= 4 is 61.6 Å². The number of benzene rings is 5. The van der Waals surface area contributed by atoms with E-state index in [4.69, 9.17) is 14.2 Å². The number of anilines is 1. The van der Waals surface area contributed by atoms with Gasteiger partial charge in [0.05, 0.1) is 51.5 Å². The molecule has 23 heteroatoms. The lowest BCUT2D eigenvalue weighted by Gasteiger charge is -2.35. The van der Waals surface area contributed by atoms with Crippen molar-refractivity contribution in [2.75, 3.05) is 24.0 Å². The Balaban J connectivity index is 0.786. The van der Waals surface area contributed by atoms with Crippen molar-refractivity contribution in [3.05, 3.63) is 165 Å². The van der Waals surface area contributed by atoms with Gasteiger partial charge in [-0.15, -0.1) is 11.3 Å². The molecule has 18 nitrogen and oxygen atoms in total. The van der Waals surface area contributed by atoms with Gasteiger partial charge in [-0.25, -0.2) is 13.4 Å². The monoisotopic (exact) mass is 1210 g/mol. The molecule has 3 amide bonds. The van der Waals surface area contributed by atoms with E-state index in [9.17, 15) is 56.3 Å². The Bertz CT molecular complexity index is 3500. The Morgan fingerprint density at radius 1 is 0.847 bits per heavy atom. The number of amides is 3. The summed E-state index contributed by atoms with van der Waals surface area (Å²) in [4.78, 5) is 58.7. The van der Waals surface area contributed by atoms with Gasteiger partial charge < -0.3 is 40.0 Å². The Labute approximate surface area is 494 Å². The average Bonchev–Trinajstić information content (AvgIpc) is 1.66. The molecule has 2 bridgehead atoms. The zero-order chi connectivity index (χ0) is 61.0. The van der Waals surface area contributed by atoms with Crippen LogP contribution in [0.3, 0.4) is 0 Å². The molecule has 0 aliphatic carbocycles. The second-order valence-corrected chi connectivity index (χ2v) is 25.6. The Kier molecular flexibility index (Phi) is 18.7. The number of fused-ring (bicyclic) bond motifs is 2. The van der Waals surface area contributed by atoms with Crippen molar-refractivity contribution in [2.45, 2.75) is 128 Å². The van der Waals surface area contributed by atoms with Crippen LogP contribution in [0.4, 0.5) is 24.5 Å². The fourth-order valence-corrected chi connectivity index (χ4v) is 13.8. The summed E-state index contributed by atoms with van der Waals surface area (Å²) in [6.07, 6.45) is -6.48. The quantitative estimate of drug-likeness (QED) is 0.0266. The van der Waals surface area contributed by atoms with Crippen LogP contribution < -0.4 is 24.4 Å². The van der Waals surface area contributed by atoms with Gasteiger partial charge in [0, 0.05) is 31.5 Å². The lowest BCUT2D eigenvalue weighted by molar-refractivity contribution is -0.384. The third kappa shape index (κ3) is 14.6. The summed E-state index contributed by atoms with van der Waals surface area (Å²) in [6, 6.07) is 29.6. The first kappa shape index (κ1) is 61.7. The third-order valence-corrected chi connectivity index (χ3v) is 18.5. The van der Waals surface area contributed by atoms with Crippen LogP contribution in [0.5, 0.6) is 17.2 Å². The number of aromatic hydroxyl groups is 1. The zero-order valence-corrected chi connectivity index (χ0v) is 49.1. The number of nitrogens with zero attached hydrogens (tertiary/aromatic N) is 4. The maximum absolute atomic E-state index is 14.7. The molecular weight excluding hydrogens is 1140 g/mol. The number of unbranched alkanes of at least 4 members (excludes halogenated alkanes) is 2. The summed E-state index contributed by atoms with van der Waals surface area (Å²) in [5, 5.41) is 36.3. The van der Waals surface area contributed by atoms with Crippen molar-refractivity contribution in [3.8, 4) is 27.7 Å².